The zero-order valence-electron chi connectivity index (χ0n) is 18.8. The summed E-state index contributed by atoms with van der Waals surface area (Å²) in [5, 5.41) is 4.12. The summed E-state index contributed by atoms with van der Waals surface area (Å²) in [5.41, 5.74) is 12.2. The van der Waals surface area contributed by atoms with Gasteiger partial charge < -0.3 is 15.4 Å². The van der Waals surface area contributed by atoms with Crippen molar-refractivity contribution in [3.05, 3.63) is 63.6 Å². The summed E-state index contributed by atoms with van der Waals surface area (Å²) in [6.07, 6.45) is 0.673. The molecule has 0 amide bonds. The number of aliphatic imine (C=N–C) groups is 1. The van der Waals surface area contributed by atoms with Crippen LogP contribution in [0, 0.1) is 0 Å². The molecule has 4 nitrogen and oxygen atoms in total. The van der Waals surface area contributed by atoms with Crippen LogP contribution in [0.4, 0.5) is 0 Å². The monoisotopic (exact) mass is 455 g/mol. The van der Waals surface area contributed by atoms with E-state index < -0.39 is 0 Å². The number of halogens is 1. The number of fused-ring (bicyclic) bond motifs is 1. The van der Waals surface area contributed by atoms with Gasteiger partial charge in [0.25, 0.3) is 0 Å². The lowest BCUT2D eigenvalue weighted by Gasteiger charge is -2.15. The van der Waals surface area contributed by atoms with Gasteiger partial charge in [0, 0.05) is 41.7 Å². The van der Waals surface area contributed by atoms with Crippen LogP contribution in [-0.2, 0) is 6.54 Å². The smallest absolute Gasteiger partial charge is 0.145 e. The Bertz CT molecular complexity index is 1130. The molecule has 2 N–H and O–H groups in total. The molecule has 0 aliphatic heterocycles. The number of thiophene rings is 1. The highest BCUT2D eigenvalue weighted by Gasteiger charge is 2.14. The third-order valence-corrected chi connectivity index (χ3v) is 6.57. The number of hydrogen-bond donors (Lipinski definition) is 1. The van der Waals surface area contributed by atoms with Crippen molar-refractivity contribution >= 4 is 38.7 Å². The molecule has 0 spiro atoms. The minimum atomic E-state index is 0.472. The molecule has 0 fully saturated rings. The fraction of sp³-hybridized carbons (Fsp3) is 0.320. The highest BCUT2D eigenvalue weighted by molar-refractivity contribution is 7.17. The van der Waals surface area contributed by atoms with Crippen LogP contribution in [-0.4, -0.2) is 38.4 Å². The molecule has 31 heavy (non-hydrogen) atoms. The number of hydrogen-bond acceptors (Lipinski definition) is 5. The minimum absolute atomic E-state index is 0.472. The largest absolute Gasteiger partial charge is 0.491 e. The van der Waals surface area contributed by atoms with Crippen molar-refractivity contribution in [2.24, 2.45) is 10.7 Å². The zero-order valence-corrected chi connectivity index (χ0v) is 20.4. The summed E-state index contributed by atoms with van der Waals surface area (Å²) >= 11 is 8.33. The van der Waals surface area contributed by atoms with Gasteiger partial charge in [-0.25, -0.2) is 0 Å². The van der Waals surface area contributed by atoms with Gasteiger partial charge in [0.1, 0.15) is 5.75 Å². The normalized spacial score (nSPS) is 13.1. The van der Waals surface area contributed by atoms with Crippen LogP contribution in [0.5, 0.6) is 5.75 Å². The summed E-state index contributed by atoms with van der Waals surface area (Å²) < 4.78 is 7.49. The van der Waals surface area contributed by atoms with Crippen molar-refractivity contribution in [1.29, 1.82) is 0 Å². The Balaban J connectivity index is 1.92. The van der Waals surface area contributed by atoms with E-state index in [-0.39, 0.29) is 0 Å². The van der Waals surface area contributed by atoms with Gasteiger partial charge in [0.2, 0.25) is 0 Å². The molecule has 0 aliphatic rings. The molecule has 1 aromatic heterocycles. The van der Waals surface area contributed by atoms with Crippen molar-refractivity contribution in [1.82, 2.24) is 4.90 Å². The summed E-state index contributed by atoms with van der Waals surface area (Å²) in [4.78, 5) is 6.45. The van der Waals surface area contributed by atoms with Gasteiger partial charge in [0.15, 0.2) is 0 Å². The first-order chi connectivity index (χ1) is 14.8. The number of para-hydroxylation sites is 1. The van der Waals surface area contributed by atoms with Gasteiger partial charge in [-0.3, -0.25) is 4.99 Å². The number of rotatable bonds is 8. The summed E-state index contributed by atoms with van der Waals surface area (Å²) in [7, 11) is 5.95. The van der Waals surface area contributed by atoms with E-state index in [4.69, 9.17) is 22.1 Å². The first kappa shape index (κ1) is 23.3. The van der Waals surface area contributed by atoms with E-state index in [1.807, 2.05) is 26.0 Å². The lowest BCUT2D eigenvalue weighted by Crippen LogP contribution is -2.11. The van der Waals surface area contributed by atoms with Crippen molar-refractivity contribution in [3.8, 4) is 16.9 Å². The molecule has 0 radical (unpaired) electrons. The van der Waals surface area contributed by atoms with E-state index in [9.17, 15) is 0 Å². The Morgan fingerprint density at radius 1 is 1.19 bits per heavy atom. The number of benzene rings is 2. The summed E-state index contributed by atoms with van der Waals surface area (Å²) in [5.74, 6) is 0.702. The average Bonchev–Trinajstić information content (AvgIpc) is 3.12. The van der Waals surface area contributed by atoms with E-state index >= 15 is 0 Å². The molecule has 0 unspecified atom stereocenters. The molecule has 6 heteroatoms. The predicted molar refractivity (Wildman–Crippen MR) is 136 cm³/mol. The minimum Gasteiger partial charge on any atom is -0.491 e. The maximum absolute atomic E-state index is 6.55. The SMILES string of the molecule is CN=C(C)C(CCOc1c(Cl)cccc1-c1ccc2scc(CN(C)C)c2c1)=C(C)N. The van der Waals surface area contributed by atoms with Gasteiger partial charge in [-0.1, -0.05) is 29.8 Å². The summed E-state index contributed by atoms with van der Waals surface area (Å²) in [6, 6.07) is 12.5. The molecule has 0 saturated carbocycles. The van der Waals surface area contributed by atoms with Gasteiger partial charge in [-0.05, 0) is 73.6 Å². The van der Waals surface area contributed by atoms with Crippen molar-refractivity contribution in [3.63, 3.8) is 0 Å². The molecule has 3 rings (SSSR count). The van der Waals surface area contributed by atoms with Crippen LogP contribution < -0.4 is 10.5 Å². The first-order valence-electron chi connectivity index (χ1n) is 10.3. The average molecular weight is 456 g/mol. The Hall–Kier alpha value is -2.34. The third-order valence-electron chi connectivity index (χ3n) is 5.26. The van der Waals surface area contributed by atoms with Crippen LogP contribution in [0.2, 0.25) is 5.02 Å². The predicted octanol–water partition coefficient (Wildman–Crippen LogP) is 6.38. The fourth-order valence-corrected chi connectivity index (χ4v) is 4.81. The quantitative estimate of drug-likeness (QED) is 0.401. The second-order valence-corrected chi connectivity index (χ2v) is 9.21. The van der Waals surface area contributed by atoms with Crippen molar-refractivity contribution < 1.29 is 4.74 Å². The van der Waals surface area contributed by atoms with Crippen LogP contribution in [0.1, 0.15) is 25.8 Å². The Labute approximate surface area is 194 Å². The van der Waals surface area contributed by atoms with Crippen LogP contribution in [0.3, 0.4) is 0 Å². The second kappa shape index (κ2) is 10.3. The van der Waals surface area contributed by atoms with Gasteiger partial charge >= 0.3 is 0 Å². The maximum Gasteiger partial charge on any atom is 0.145 e. The van der Waals surface area contributed by atoms with E-state index in [1.165, 1.54) is 15.6 Å². The zero-order chi connectivity index (χ0) is 22.5. The fourth-order valence-electron chi connectivity index (χ4n) is 3.65. The van der Waals surface area contributed by atoms with Crippen molar-refractivity contribution in [2.75, 3.05) is 27.7 Å². The molecule has 0 aliphatic carbocycles. The molecule has 0 saturated heterocycles. The lowest BCUT2D eigenvalue weighted by atomic mass is 10.0. The third kappa shape index (κ3) is 5.48. The Morgan fingerprint density at radius 3 is 2.65 bits per heavy atom. The lowest BCUT2D eigenvalue weighted by molar-refractivity contribution is 0.324. The number of nitrogens with zero attached hydrogens (tertiary/aromatic N) is 2. The highest BCUT2D eigenvalue weighted by atomic mass is 35.5. The molecule has 0 atom stereocenters. The highest BCUT2D eigenvalue weighted by Crippen LogP contribution is 2.39. The van der Waals surface area contributed by atoms with E-state index in [2.05, 4.69) is 53.6 Å². The van der Waals surface area contributed by atoms with E-state index in [1.54, 1.807) is 18.4 Å². The van der Waals surface area contributed by atoms with Crippen molar-refractivity contribution in [2.45, 2.75) is 26.8 Å². The molecular formula is C25H30ClN3OS. The molecule has 1 heterocycles. The van der Waals surface area contributed by atoms with Gasteiger partial charge in [-0.15, -0.1) is 11.3 Å². The number of allylic oxidation sites excluding steroid dienone is 1. The first-order valence-corrected chi connectivity index (χ1v) is 11.5. The van der Waals surface area contributed by atoms with E-state index in [0.29, 0.717) is 23.8 Å². The molecular weight excluding hydrogens is 426 g/mol. The van der Waals surface area contributed by atoms with E-state index in [0.717, 1.165) is 34.7 Å². The van der Waals surface area contributed by atoms with Crippen LogP contribution in [0.15, 0.2) is 58.0 Å². The van der Waals surface area contributed by atoms with Crippen LogP contribution in [0.25, 0.3) is 21.2 Å². The standard InChI is InChI=1S/C25H30ClN3OS/c1-16(27)20(17(2)28-3)11-12-30-25-21(7-6-8-23(25)26)18-9-10-24-22(13-18)19(15-31-24)14-29(4)5/h6-10,13,15H,11-12,14,27H2,1-5H3. The second-order valence-electron chi connectivity index (χ2n) is 7.90. The maximum atomic E-state index is 6.55. The molecule has 3 aromatic rings. The summed E-state index contributed by atoms with van der Waals surface area (Å²) in [6.45, 7) is 5.24. The van der Waals surface area contributed by atoms with Gasteiger partial charge in [0.05, 0.1) is 11.6 Å². The topological polar surface area (TPSA) is 50.8 Å². The number of nitrogens with two attached hydrogens (primary N) is 1. The Kier molecular flexibility index (Phi) is 7.76. The number of ether oxygens (including phenoxy) is 1. The molecule has 2 aromatic carbocycles. The molecule has 0 bridgehead atoms. The van der Waals surface area contributed by atoms with Crippen LogP contribution >= 0.6 is 22.9 Å². The molecule has 164 valence electrons. The Morgan fingerprint density at radius 2 is 1.97 bits per heavy atom. The van der Waals surface area contributed by atoms with Gasteiger partial charge in [-0.2, -0.15) is 0 Å².